The van der Waals surface area contributed by atoms with Crippen molar-refractivity contribution in [3.63, 3.8) is 0 Å². The Hall–Kier alpha value is -5.03. The summed E-state index contributed by atoms with van der Waals surface area (Å²) in [6, 6.07) is 14.6. The van der Waals surface area contributed by atoms with Crippen LogP contribution in [0.5, 0.6) is 5.75 Å². The third-order valence-electron chi connectivity index (χ3n) is 8.67. The van der Waals surface area contributed by atoms with Gasteiger partial charge in [0.1, 0.15) is 17.1 Å². The zero-order valence-electron chi connectivity index (χ0n) is 26.6. The second-order valence-electron chi connectivity index (χ2n) is 11.6. The molecule has 1 aliphatic rings. The fourth-order valence-electron chi connectivity index (χ4n) is 5.98. The minimum Gasteiger partial charge on any atom is -0.496 e. The number of hydrogen-bond acceptors (Lipinski definition) is 6. The summed E-state index contributed by atoms with van der Waals surface area (Å²) in [5.74, 6) is -0.740. The molecule has 240 valence electrons. The maximum Gasteiger partial charge on any atom is 0.330 e. The monoisotopic (exact) mass is 627 g/mol. The van der Waals surface area contributed by atoms with Crippen molar-refractivity contribution < 1.29 is 18.7 Å². The number of hydrogen-bond donors (Lipinski definition) is 3. The molecule has 1 unspecified atom stereocenters. The molecule has 3 N–H and O–H groups in total. The summed E-state index contributed by atoms with van der Waals surface area (Å²) in [5, 5.41) is 8.92. The fourth-order valence-corrected chi connectivity index (χ4v) is 5.98. The molecule has 4 aromatic rings. The molecule has 2 amide bonds. The van der Waals surface area contributed by atoms with Crippen molar-refractivity contribution in [1.29, 1.82) is 0 Å². The van der Waals surface area contributed by atoms with E-state index in [1.807, 2.05) is 50.2 Å². The van der Waals surface area contributed by atoms with Crippen LogP contribution in [0.4, 0.5) is 10.1 Å². The Morgan fingerprint density at radius 2 is 1.72 bits per heavy atom. The number of ether oxygens (including phenoxy) is 1. The van der Waals surface area contributed by atoms with Crippen LogP contribution < -0.4 is 31.9 Å². The van der Waals surface area contributed by atoms with Crippen LogP contribution in [0.3, 0.4) is 0 Å². The molecule has 0 aliphatic carbocycles. The Balaban J connectivity index is 1.42. The van der Waals surface area contributed by atoms with Gasteiger partial charge in [0, 0.05) is 51.2 Å². The summed E-state index contributed by atoms with van der Waals surface area (Å²) < 4.78 is 23.3. The molecule has 3 aromatic carbocycles. The van der Waals surface area contributed by atoms with Crippen LogP contribution in [0.1, 0.15) is 39.9 Å². The van der Waals surface area contributed by atoms with Gasteiger partial charge in [0.05, 0.1) is 13.0 Å². The number of aromatic nitrogens is 2. The molecule has 11 heteroatoms. The Labute approximate surface area is 266 Å². The van der Waals surface area contributed by atoms with Crippen molar-refractivity contribution >= 4 is 17.5 Å². The highest BCUT2D eigenvalue weighted by Crippen LogP contribution is 2.37. The van der Waals surface area contributed by atoms with Crippen LogP contribution >= 0.6 is 0 Å². The molecule has 5 rings (SSSR count). The number of aryl methyl sites for hydroxylation is 1. The number of methoxy groups -OCH3 is 1. The smallest absolute Gasteiger partial charge is 0.330 e. The molecule has 1 aromatic heterocycles. The van der Waals surface area contributed by atoms with Gasteiger partial charge in [0.2, 0.25) is 5.91 Å². The second-order valence-corrected chi connectivity index (χ2v) is 11.6. The van der Waals surface area contributed by atoms with Gasteiger partial charge < -0.3 is 25.3 Å². The van der Waals surface area contributed by atoms with Gasteiger partial charge in [0.25, 0.3) is 11.5 Å². The normalized spacial score (nSPS) is 14.6. The van der Waals surface area contributed by atoms with E-state index in [1.165, 1.54) is 38.0 Å². The number of nitrogens with zero attached hydrogens (tertiary/aromatic N) is 2. The number of carbonyl (C=O) groups excluding carboxylic acids is 2. The quantitative estimate of drug-likeness (QED) is 0.257. The van der Waals surface area contributed by atoms with Crippen LogP contribution in [0.25, 0.3) is 22.3 Å². The lowest BCUT2D eigenvalue weighted by Gasteiger charge is -2.22. The molecule has 0 bridgehead atoms. The van der Waals surface area contributed by atoms with Crippen LogP contribution in [0.2, 0.25) is 0 Å². The standard InChI is InChI=1S/C35H38FN5O5/c1-20-24(23-15-29(36)27(31(16-23)46-5)18-37-17-22-9-8-14-38-32(22)42)10-6-11-25(20)26-12-7-13-30(21(26)2)39-33(43)28-19-40(3)35(45)41(4)34(28)44/h6-7,10-13,15-16,19,22,37H,8-9,14,17-18H2,1-5H3,(H,38,42)(H,39,43). The predicted octanol–water partition coefficient (Wildman–Crippen LogP) is 4.05. The van der Waals surface area contributed by atoms with Crippen LogP contribution in [0.15, 0.2) is 64.3 Å². The van der Waals surface area contributed by atoms with E-state index in [-0.39, 0.29) is 23.9 Å². The average Bonchev–Trinajstić information content (AvgIpc) is 3.04. The highest BCUT2D eigenvalue weighted by Gasteiger charge is 2.23. The minimum atomic E-state index is -0.681. The maximum absolute atomic E-state index is 15.6. The van der Waals surface area contributed by atoms with Gasteiger partial charge in [-0.3, -0.25) is 19.0 Å². The molecule has 2 heterocycles. The number of amides is 2. The van der Waals surface area contributed by atoms with Gasteiger partial charge >= 0.3 is 5.69 Å². The molecule has 0 radical (unpaired) electrons. The zero-order valence-corrected chi connectivity index (χ0v) is 26.6. The van der Waals surface area contributed by atoms with Crippen LogP contribution in [-0.4, -0.2) is 41.1 Å². The Morgan fingerprint density at radius 1 is 1.02 bits per heavy atom. The highest BCUT2D eigenvalue weighted by atomic mass is 19.1. The summed E-state index contributed by atoms with van der Waals surface area (Å²) in [6.45, 7) is 5.21. The largest absolute Gasteiger partial charge is 0.496 e. The first kappa shape index (κ1) is 32.4. The van der Waals surface area contributed by atoms with Gasteiger partial charge in [0.15, 0.2) is 0 Å². The average molecular weight is 628 g/mol. The number of anilines is 1. The van der Waals surface area contributed by atoms with Gasteiger partial charge in [-0.1, -0.05) is 30.3 Å². The predicted molar refractivity (Wildman–Crippen MR) is 176 cm³/mol. The van der Waals surface area contributed by atoms with E-state index in [1.54, 1.807) is 6.07 Å². The summed E-state index contributed by atoms with van der Waals surface area (Å²) in [7, 11) is 4.31. The number of halogens is 1. The van der Waals surface area contributed by atoms with Crippen molar-refractivity contribution in [3.05, 3.63) is 104 Å². The molecule has 46 heavy (non-hydrogen) atoms. The SMILES string of the molecule is COc1cc(-c2cccc(-c3cccc(NC(=O)c4cn(C)c(=O)n(C)c4=O)c3C)c2C)cc(F)c1CNCC1CCCNC1=O. The van der Waals surface area contributed by atoms with E-state index in [2.05, 4.69) is 16.0 Å². The lowest BCUT2D eigenvalue weighted by Crippen LogP contribution is -2.41. The molecule has 1 fully saturated rings. The summed E-state index contributed by atoms with van der Waals surface area (Å²) in [6.07, 6.45) is 2.97. The molecule has 0 saturated carbocycles. The number of nitrogens with one attached hydrogen (secondary N) is 3. The molecular formula is C35H38FN5O5. The van der Waals surface area contributed by atoms with Crippen molar-refractivity contribution in [1.82, 2.24) is 19.8 Å². The van der Waals surface area contributed by atoms with Crippen molar-refractivity contribution in [2.24, 2.45) is 20.0 Å². The first-order valence-electron chi connectivity index (χ1n) is 15.1. The zero-order chi connectivity index (χ0) is 33.1. The van der Waals surface area contributed by atoms with E-state index in [0.717, 1.165) is 45.2 Å². The topological polar surface area (TPSA) is 123 Å². The minimum absolute atomic E-state index is 0.0233. The number of benzene rings is 3. The summed E-state index contributed by atoms with van der Waals surface area (Å²) >= 11 is 0. The molecular weight excluding hydrogens is 589 g/mol. The maximum atomic E-state index is 15.6. The number of piperidine rings is 1. The fraction of sp³-hybridized carbons (Fsp3) is 0.314. The Morgan fingerprint density at radius 3 is 2.43 bits per heavy atom. The number of carbonyl (C=O) groups is 2. The lowest BCUT2D eigenvalue weighted by atomic mass is 9.90. The molecule has 1 aliphatic heterocycles. The van der Waals surface area contributed by atoms with Crippen LogP contribution in [-0.2, 0) is 25.4 Å². The van der Waals surface area contributed by atoms with E-state index < -0.39 is 23.0 Å². The second kappa shape index (κ2) is 13.5. The van der Waals surface area contributed by atoms with Crippen LogP contribution in [0, 0.1) is 25.6 Å². The van der Waals surface area contributed by atoms with E-state index in [9.17, 15) is 19.2 Å². The Bertz CT molecular complexity index is 1950. The molecule has 1 atom stereocenters. The number of rotatable bonds is 9. The van der Waals surface area contributed by atoms with Crippen molar-refractivity contribution in [2.45, 2.75) is 33.2 Å². The molecule has 1 saturated heterocycles. The first-order chi connectivity index (χ1) is 22.0. The van der Waals surface area contributed by atoms with Crippen molar-refractivity contribution in [3.8, 4) is 28.0 Å². The Kier molecular flexibility index (Phi) is 9.52. The van der Waals surface area contributed by atoms with E-state index in [0.29, 0.717) is 35.7 Å². The first-order valence-corrected chi connectivity index (χ1v) is 15.1. The summed E-state index contributed by atoms with van der Waals surface area (Å²) in [4.78, 5) is 49.9. The van der Waals surface area contributed by atoms with Gasteiger partial charge in [-0.15, -0.1) is 0 Å². The summed E-state index contributed by atoms with van der Waals surface area (Å²) in [5.41, 5.74) is 4.43. The highest BCUT2D eigenvalue weighted by molar-refractivity contribution is 6.04. The molecule has 10 nitrogen and oxygen atoms in total. The molecule has 0 spiro atoms. The third-order valence-corrected chi connectivity index (χ3v) is 8.67. The van der Waals surface area contributed by atoms with Gasteiger partial charge in [-0.2, -0.15) is 0 Å². The third kappa shape index (κ3) is 6.36. The lowest BCUT2D eigenvalue weighted by molar-refractivity contribution is -0.126. The van der Waals surface area contributed by atoms with Gasteiger partial charge in [-0.25, -0.2) is 9.18 Å². The van der Waals surface area contributed by atoms with Crippen molar-refractivity contribution in [2.75, 3.05) is 25.5 Å². The van der Waals surface area contributed by atoms with E-state index >= 15 is 4.39 Å². The van der Waals surface area contributed by atoms with E-state index in [4.69, 9.17) is 4.74 Å². The van der Waals surface area contributed by atoms with Gasteiger partial charge in [-0.05, 0) is 78.3 Å².